The molecule has 1 unspecified atom stereocenters. The number of amides is 1. The Morgan fingerprint density at radius 3 is 2.86 bits per heavy atom. The zero-order valence-electron chi connectivity index (χ0n) is 11.6. The van der Waals surface area contributed by atoms with Crippen LogP contribution in [0.5, 0.6) is 0 Å². The lowest BCUT2D eigenvalue weighted by molar-refractivity contribution is -0.116. The Labute approximate surface area is 141 Å². The van der Waals surface area contributed by atoms with Crippen LogP contribution in [0.1, 0.15) is 39.8 Å². The summed E-state index contributed by atoms with van der Waals surface area (Å²) in [5, 5.41) is 2.81. The first kappa shape index (κ1) is 15.1. The molecule has 0 radical (unpaired) electrons. The van der Waals surface area contributed by atoms with Gasteiger partial charge in [-0.2, -0.15) is 0 Å². The predicted octanol–water partition coefficient (Wildman–Crippen LogP) is 5.42. The van der Waals surface area contributed by atoms with E-state index in [1.807, 2.05) is 12.1 Å². The minimum absolute atomic E-state index is 0.0988. The molecule has 1 aromatic heterocycles. The lowest BCUT2D eigenvalue weighted by Crippen LogP contribution is -2.09. The summed E-state index contributed by atoms with van der Waals surface area (Å²) < 4.78 is 1.13. The van der Waals surface area contributed by atoms with Crippen LogP contribution in [0.2, 0.25) is 0 Å². The fourth-order valence-corrected chi connectivity index (χ4v) is 4.43. The van der Waals surface area contributed by atoms with Crippen molar-refractivity contribution in [2.75, 3.05) is 5.32 Å². The second-order valence-corrected chi connectivity index (χ2v) is 8.12. The minimum Gasteiger partial charge on any atom is -0.326 e. The van der Waals surface area contributed by atoms with Crippen molar-refractivity contribution in [3.63, 3.8) is 0 Å². The number of anilines is 1. The molecule has 0 saturated heterocycles. The van der Waals surface area contributed by atoms with E-state index in [2.05, 4.69) is 40.3 Å². The third-order valence-electron chi connectivity index (χ3n) is 3.67. The van der Waals surface area contributed by atoms with Crippen LogP contribution in [0.15, 0.2) is 28.1 Å². The molecule has 2 aromatic rings. The standard InChI is InChI=1S/C16H15BrClNOS/c1-9-7-13(21-16(9)17)15(18)11-5-6-12-10(8-11)3-2-4-14(20)19-12/h5-8,15H,2-4H2,1H3,(H,19,20). The SMILES string of the molecule is Cc1cc(C(Cl)c2ccc3c(c2)CCCC(=O)N3)sc1Br. The van der Waals surface area contributed by atoms with E-state index in [1.165, 1.54) is 11.1 Å². The van der Waals surface area contributed by atoms with Crippen LogP contribution in [0.25, 0.3) is 0 Å². The first-order valence-corrected chi connectivity index (χ1v) is 8.92. The van der Waals surface area contributed by atoms with Gasteiger partial charge in [-0.1, -0.05) is 12.1 Å². The smallest absolute Gasteiger partial charge is 0.224 e. The molecule has 1 N–H and O–H groups in total. The second-order valence-electron chi connectivity index (χ2n) is 5.29. The summed E-state index contributed by atoms with van der Waals surface area (Å²) in [6, 6.07) is 8.23. The topological polar surface area (TPSA) is 29.1 Å². The zero-order valence-corrected chi connectivity index (χ0v) is 14.7. The number of aryl methyl sites for hydroxylation is 2. The molecule has 2 heterocycles. The molecule has 110 valence electrons. The second kappa shape index (κ2) is 6.11. The van der Waals surface area contributed by atoms with E-state index >= 15 is 0 Å². The first-order valence-electron chi connectivity index (χ1n) is 6.87. The van der Waals surface area contributed by atoms with Crippen LogP contribution in [-0.4, -0.2) is 5.91 Å². The lowest BCUT2D eigenvalue weighted by Gasteiger charge is -2.12. The summed E-state index contributed by atoms with van der Waals surface area (Å²) in [4.78, 5) is 12.7. The molecule has 2 nitrogen and oxygen atoms in total. The van der Waals surface area contributed by atoms with Gasteiger partial charge < -0.3 is 5.32 Å². The Morgan fingerprint density at radius 2 is 2.14 bits per heavy atom. The van der Waals surface area contributed by atoms with Gasteiger partial charge in [0, 0.05) is 17.0 Å². The van der Waals surface area contributed by atoms with Crippen molar-refractivity contribution in [1.29, 1.82) is 0 Å². The van der Waals surface area contributed by atoms with Crippen LogP contribution < -0.4 is 5.32 Å². The van der Waals surface area contributed by atoms with Crippen molar-refractivity contribution < 1.29 is 4.79 Å². The predicted molar refractivity (Wildman–Crippen MR) is 92.5 cm³/mol. The fraction of sp³-hybridized carbons (Fsp3) is 0.312. The van der Waals surface area contributed by atoms with Crippen molar-refractivity contribution in [2.24, 2.45) is 0 Å². The van der Waals surface area contributed by atoms with Crippen LogP contribution in [0, 0.1) is 6.92 Å². The van der Waals surface area contributed by atoms with Gasteiger partial charge in [0.05, 0.1) is 9.16 Å². The normalized spacial score (nSPS) is 16.0. The number of nitrogens with one attached hydrogen (secondary N) is 1. The molecule has 21 heavy (non-hydrogen) atoms. The van der Waals surface area contributed by atoms with Gasteiger partial charge in [0.1, 0.15) is 0 Å². The highest BCUT2D eigenvalue weighted by molar-refractivity contribution is 9.11. The Balaban J connectivity index is 1.92. The van der Waals surface area contributed by atoms with E-state index in [0.717, 1.165) is 32.8 Å². The summed E-state index contributed by atoms with van der Waals surface area (Å²) in [5.74, 6) is 0.0988. The fourth-order valence-electron chi connectivity index (χ4n) is 2.52. The molecule has 5 heteroatoms. The Hall–Kier alpha value is -0.840. The molecular formula is C16H15BrClNOS. The molecule has 0 spiro atoms. The van der Waals surface area contributed by atoms with Crippen LogP contribution in [0.4, 0.5) is 5.69 Å². The molecule has 1 atom stereocenters. The Bertz CT molecular complexity index is 678. The van der Waals surface area contributed by atoms with Crippen molar-refractivity contribution in [3.05, 3.63) is 49.6 Å². The number of halogens is 2. The van der Waals surface area contributed by atoms with Gasteiger partial charge >= 0.3 is 0 Å². The molecule has 1 aromatic carbocycles. The zero-order chi connectivity index (χ0) is 15.0. The molecule has 0 saturated carbocycles. The van der Waals surface area contributed by atoms with Gasteiger partial charge in [-0.3, -0.25) is 4.79 Å². The molecule has 0 fully saturated rings. The van der Waals surface area contributed by atoms with Crippen molar-refractivity contribution in [1.82, 2.24) is 0 Å². The lowest BCUT2D eigenvalue weighted by atomic mass is 10.0. The quantitative estimate of drug-likeness (QED) is 0.688. The number of rotatable bonds is 2. The van der Waals surface area contributed by atoms with Gasteiger partial charge in [0.15, 0.2) is 0 Å². The van der Waals surface area contributed by atoms with Crippen molar-refractivity contribution in [3.8, 4) is 0 Å². The number of carbonyl (C=O) groups excluding carboxylic acids is 1. The van der Waals surface area contributed by atoms with E-state index in [1.54, 1.807) is 11.3 Å². The van der Waals surface area contributed by atoms with E-state index in [4.69, 9.17) is 11.6 Å². The van der Waals surface area contributed by atoms with E-state index < -0.39 is 0 Å². The average molecular weight is 385 g/mol. The van der Waals surface area contributed by atoms with Gasteiger partial charge in [-0.05, 0) is 64.5 Å². The molecule has 1 aliphatic rings. The summed E-state index contributed by atoms with van der Waals surface area (Å²) in [5.41, 5.74) is 4.40. The maximum atomic E-state index is 11.6. The molecule has 3 rings (SSSR count). The summed E-state index contributed by atoms with van der Waals surface area (Å²) in [6.45, 7) is 2.07. The Morgan fingerprint density at radius 1 is 1.33 bits per heavy atom. The van der Waals surface area contributed by atoms with Crippen LogP contribution in [0.3, 0.4) is 0 Å². The third-order valence-corrected chi connectivity index (χ3v) is 6.49. The van der Waals surface area contributed by atoms with Crippen molar-refractivity contribution >= 4 is 50.5 Å². The van der Waals surface area contributed by atoms with Gasteiger partial charge in [-0.15, -0.1) is 22.9 Å². The van der Waals surface area contributed by atoms with Gasteiger partial charge in [0.25, 0.3) is 0 Å². The molecule has 0 aliphatic carbocycles. The molecule has 1 aliphatic heterocycles. The van der Waals surface area contributed by atoms with E-state index in [0.29, 0.717) is 6.42 Å². The van der Waals surface area contributed by atoms with Gasteiger partial charge in [-0.25, -0.2) is 0 Å². The minimum atomic E-state index is -0.149. The molecule has 0 bridgehead atoms. The monoisotopic (exact) mass is 383 g/mol. The number of alkyl halides is 1. The Kier molecular flexibility index (Phi) is 4.38. The van der Waals surface area contributed by atoms with Gasteiger partial charge in [0.2, 0.25) is 5.91 Å². The van der Waals surface area contributed by atoms with E-state index in [-0.39, 0.29) is 11.3 Å². The number of hydrogen-bond donors (Lipinski definition) is 1. The third kappa shape index (κ3) is 3.17. The summed E-state index contributed by atoms with van der Waals surface area (Å²) in [7, 11) is 0. The number of benzene rings is 1. The number of fused-ring (bicyclic) bond motifs is 1. The summed E-state index contributed by atoms with van der Waals surface area (Å²) in [6.07, 6.45) is 2.39. The molecular weight excluding hydrogens is 370 g/mol. The van der Waals surface area contributed by atoms with Crippen molar-refractivity contribution in [2.45, 2.75) is 31.6 Å². The highest BCUT2D eigenvalue weighted by Crippen LogP contribution is 2.39. The average Bonchev–Trinajstić information content (AvgIpc) is 2.68. The highest BCUT2D eigenvalue weighted by Gasteiger charge is 2.18. The summed E-state index contributed by atoms with van der Waals surface area (Å²) >= 11 is 11.9. The van der Waals surface area contributed by atoms with E-state index in [9.17, 15) is 4.79 Å². The first-order chi connectivity index (χ1) is 10.0. The highest BCUT2D eigenvalue weighted by atomic mass is 79.9. The largest absolute Gasteiger partial charge is 0.326 e. The number of hydrogen-bond acceptors (Lipinski definition) is 2. The van der Waals surface area contributed by atoms with Crippen LogP contribution >= 0.6 is 38.9 Å². The van der Waals surface area contributed by atoms with Crippen LogP contribution in [-0.2, 0) is 11.2 Å². The maximum Gasteiger partial charge on any atom is 0.224 e. The maximum absolute atomic E-state index is 11.6. The number of carbonyl (C=O) groups is 1. The molecule has 1 amide bonds. The number of thiophene rings is 1.